The Balaban J connectivity index is 0.00000180. The van der Waals surface area contributed by atoms with Gasteiger partial charge in [-0.15, -0.1) is 12.4 Å². The zero-order chi connectivity index (χ0) is 13.3. The second kappa shape index (κ2) is 6.17. The molecule has 0 bridgehead atoms. The van der Waals surface area contributed by atoms with Crippen molar-refractivity contribution in [1.82, 2.24) is 9.62 Å². The zero-order valence-corrected chi connectivity index (χ0v) is 12.5. The van der Waals surface area contributed by atoms with Gasteiger partial charge < -0.3 is 5.32 Å². The standard InChI is InChI=1S/C12H17FN2O2S.ClH/c1-9-4-3-5-11(13)12(9)18(16,17)15(2)10-6-7-14-8-10;/h3-5,10,14H,6-8H2,1-2H3;1H. The van der Waals surface area contributed by atoms with E-state index in [1.807, 2.05) is 0 Å². The van der Waals surface area contributed by atoms with Gasteiger partial charge >= 0.3 is 0 Å². The van der Waals surface area contributed by atoms with Gasteiger partial charge in [-0.25, -0.2) is 12.8 Å². The van der Waals surface area contributed by atoms with Crippen molar-refractivity contribution in [3.8, 4) is 0 Å². The van der Waals surface area contributed by atoms with Crippen molar-refractivity contribution in [2.24, 2.45) is 0 Å². The molecule has 1 fully saturated rings. The number of benzene rings is 1. The van der Waals surface area contributed by atoms with E-state index < -0.39 is 15.8 Å². The molecule has 1 aliphatic heterocycles. The predicted octanol–water partition coefficient (Wildman–Crippen LogP) is 1.54. The zero-order valence-electron chi connectivity index (χ0n) is 10.9. The molecule has 2 rings (SSSR count). The number of likely N-dealkylation sites (N-methyl/N-ethyl adjacent to an activating group) is 1. The van der Waals surface area contributed by atoms with Gasteiger partial charge in [-0.05, 0) is 31.5 Å². The first-order chi connectivity index (χ1) is 8.44. The van der Waals surface area contributed by atoms with E-state index in [0.29, 0.717) is 12.1 Å². The molecule has 7 heteroatoms. The van der Waals surface area contributed by atoms with Crippen LogP contribution >= 0.6 is 12.4 Å². The molecule has 0 aliphatic carbocycles. The Labute approximate surface area is 119 Å². The van der Waals surface area contributed by atoms with Gasteiger partial charge in [-0.1, -0.05) is 12.1 Å². The molecule has 1 saturated heterocycles. The molecule has 0 aromatic heterocycles. The van der Waals surface area contributed by atoms with Gasteiger partial charge in [0.15, 0.2) is 0 Å². The maximum atomic E-state index is 13.8. The topological polar surface area (TPSA) is 49.4 Å². The van der Waals surface area contributed by atoms with Crippen LogP contribution in [0.15, 0.2) is 23.1 Å². The summed E-state index contributed by atoms with van der Waals surface area (Å²) in [6.45, 7) is 3.01. The van der Waals surface area contributed by atoms with Crippen molar-refractivity contribution in [3.63, 3.8) is 0 Å². The molecule has 108 valence electrons. The fourth-order valence-electron chi connectivity index (χ4n) is 2.23. The Kier molecular flexibility index (Phi) is 5.32. The number of rotatable bonds is 3. The largest absolute Gasteiger partial charge is 0.315 e. The van der Waals surface area contributed by atoms with Crippen LogP contribution in [0.4, 0.5) is 4.39 Å². The number of nitrogens with one attached hydrogen (secondary N) is 1. The summed E-state index contributed by atoms with van der Waals surface area (Å²) >= 11 is 0. The number of halogens is 2. The van der Waals surface area contributed by atoms with E-state index in [-0.39, 0.29) is 23.3 Å². The SMILES string of the molecule is Cc1cccc(F)c1S(=O)(=O)N(C)C1CCNC1.Cl. The molecule has 1 heterocycles. The third-order valence-electron chi connectivity index (χ3n) is 3.35. The van der Waals surface area contributed by atoms with Gasteiger partial charge in [0.2, 0.25) is 10.0 Å². The van der Waals surface area contributed by atoms with E-state index in [4.69, 9.17) is 0 Å². The van der Waals surface area contributed by atoms with E-state index in [0.717, 1.165) is 13.0 Å². The molecule has 19 heavy (non-hydrogen) atoms. The smallest absolute Gasteiger partial charge is 0.246 e. The highest BCUT2D eigenvalue weighted by molar-refractivity contribution is 7.89. The Bertz CT molecular complexity index is 524. The van der Waals surface area contributed by atoms with Crippen molar-refractivity contribution >= 4 is 22.4 Å². The molecule has 1 aromatic carbocycles. The summed E-state index contributed by atoms with van der Waals surface area (Å²) in [5, 5.41) is 3.11. The van der Waals surface area contributed by atoms with Crippen LogP contribution in [0, 0.1) is 12.7 Å². The third-order valence-corrected chi connectivity index (χ3v) is 5.44. The van der Waals surface area contributed by atoms with Crippen LogP contribution in [0.3, 0.4) is 0 Å². The van der Waals surface area contributed by atoms with E-state index in [1.54, 1.807) is 13.0 Å². The van der Waals surface area contributed by atoms with E-state index in [9.17, 15) is 12.8 Å². The molecule has 0 amide bonds. The Morgan fingerprint density at radius 1 is 1.42 bits per heavy atom. The van der Waals surface area contributed by atoms with Crippen molar-refractivity contribution in [2.45, 2.75) is 24.3 Å². The molecule has 1 aromatic rings. The average Bonchev–Trinajstić information content (AvgIpc) is 2.80. The number of aryl methyl sites for hydroxylation is 1. The fraction of sp³-hybridized carbons (Fsp3) is 0.500. The van der Waals surface area contributed by atoms with Crippen LogP contribution in [-0.2, 0) is 10.0 Å². The van der Waals surface area contributed by atoms with Gasteiger partial charge in [0, 0.05) is 19.6 Å². The minimum Gasteiger partial charge on any atom is -0.315 e. The van der Waals surface area contributed by atoms with Crippen LogP contribution in [0.25, 0.3) is 0 Å². The van der Waals surface area contributed by atoms with Gasteiger partial charge in [0.25, 0.3) is 0 Å². The first-order valence-electron chi connectivity index (χ1n) is 5.88. The molecule has 1 N–H and O–H groups in total. The highest BCUT2D eigenvalue weighted by Crippen LogP contribution is 2.24. The first kappa shape index (κ1) is 16.4. The molecule has 0 saturated carbocycles. The molecule has 1 aliphatic rings. The van der Waals surface area contributed by atoms with E-state index in [2.05, 4.69) is 5.32 Å². The maximum absolute atomic E-state index is 13.8. The summed E-state index contributed by atoms with van der Waals surface area (Å²) in [7, 11) is -2.25. The fourth-order valence-corrected chi connectivity index (χ4v) is 3.88. The van der Waals surface area contributed by atoms with Gasteiger partial charge in [-0.3, -0.25) is 0 Å². The number of nitrogens with zero attached hydrogens (tertiary/aromatic N) is 1. The lowest BCUT2D eigenvalue weighted by atomic mass is 10.2. The summed E-state index contributed by atoms with van der Waals surface area (Å²) in [5.41, 5.74) is 0.438. The lowest BCUT2D eigenvalue weighted by Gasteiger charge is -2.24. The number of hydrogen-bond donors (Lipinski definition) is 1. The molecule has 4 nitrogen and oxygen atoms in total. The number of hydrogen-bond acceptors (Lipinski definition) is 3. The van der Waals surface area contributed by atoms with Crippen LogP contribution in [-0.4, -0.2) is 38.9 Å². The normalized spacial score (nSPS) is 19.5. The van der Waals surface area contributed by atoms with Crippen LogP contribution in [0.2, 0.25) is 0 Å². The number of sulfonamides is 1. The molecule has 0 radical (unpaired) electrons. The van der Waals surface area contributed by atoms with Gasteiger partial charge in [-0.2, -0.15) is 4.31 Å². The highest BCUT2D eigenvalue weighted by Gasteiger charge is 2.32. The third kappa shape index (κ3) is 3.08. The van der Waals surface area contributed by atoms with Crippen LogP contribution in [0.1, 0.15) is 12.0 Å². The van der Waals surface area contributed by atoms with Crippen molar-refractivity contribution in [1.29, 1.82) is 0 Å². The highest BCUT2D eigenvalue weighted by atomic mass is 35.5. The Morgan fingerprint density at radius 2 is 2.11 bits per heavy atom. The average molecular weight is 309 g/mol. The lowest BCUT2D eigenvalue weighted by molar-refractivity contribution is 0.384. The molecular weight excluding hydrogens is 291 g/mol. The van der Waals surface area contributed by atoms with Crippen molar-refractivity contribution in [2.75, 3.05) is 20.1 Å². The van der Waals surface area contributed by atoms with Gasteiger partial charge in [0.1, 0.15) is 10.7 Å². The second-order valence-electron chi connectivity index (χ2n) is 4.55. The molecule has 1 atom stereocenters. The van der Waals surface area contributed by atoms with Gasteiger partial charge in [0.05, 0.1) is 0 Å². The van der Waals surface area contributed by atoms with Crippen LogP contribution < -0.4 is 5.32 Å². The maximum Gasteiger partial charge on any atom is 0.246 e. The second-order valence-corrected chi connectivity index (χ2v) is 6.49. The minimum absolute atomic E-state index is 0. The summed E-state index contributed by atoms with van der Waals surface area (Å²) in [5.74, 6) is -0.687. The summed E-state index contributed by atoms with van der Waals surface area (Å²) in [4.78, 5) is -0.209. The van der Waals surface area contributed by atoms with E-state index >= 15 is 0 Å². The summed E-state index contributed by atoms with van der Waals surface area (Å²) in [6, 6.07) is 4.20. The lowest BCUT2D eigenvalue weighted by Crippen LogP contribution is -2.38. The Hall–Kier alpha value is -0.690. The van der Waals surface area contributed by atoms with Crippen molar-refractivity contribution in [3.05, 3.63) is 29.6 Å². The quantitative estimate of drug-likeness (QED) is 0.921. The summed E-state index contributed by atoms with van der Waals surface area (Å²) in [6.07, 6.45) is 0.753. The monoisotopic (exact) mass is 308 g/mol. The van der Waals surface area contributed by atoms with Crippen molar-refractivity contribution < 1.29 is 12.8 Å². The molecule has 0 spiro atoms. The van der Waals surface area contributed by atoms with E-state index in [1.165, 1.54) is 23.5 Å². The van der Waals surface area contributed by atoms with Crippen LogP contribution in [0.5, 0.6) is 0 Å². The predicted molar refractivity (Wildman–Crippen MR) is 74.6 cm³/mol. The minimum atomic E-state index is -3.77. The first-order valence-corrected chi connectivity index (χ1v) is 7.32. The molecular formula is C12H18ClFN2O2S. The molecule has 1 unspecified atom stereocenters. The Morgan fingerprint density at radius 3 is 2.63 bits per heavy atom. The summed E-state index contributed by atoms with van der Waals surface area (Å²) < 4.78 is 39.9.